The van der Waals surface area contributed by atoms with Crippen molar-refractivity contribution in [3.8, 4) is 0 Å². The summed E-state index contributed by atoms with van der Waals surface area (Å²) in [6.07, 6.45) is 4.65. The zero-order valence-electron chi connectivity index (χ0n) is 16.6. The van der Waals surface area contributed by atoms with E-state index in [0.29, 0.717) is 30.1 Å². The largest absolute Gasteiger partial charge is 0.354 e. The van der Waals surface area contributed by atoms with E-state index in [1.165, 1.54) is 0 Å². The molecule has 0 aromatic heterocycles. The lowest BCUT2D eigenvalue weighted by Crippen LogP contribution is -2.49. The Kier molecular flexibility index (Phi) is 8.77. The van der Waals surface area contributed by atoms with Crippen LogP contribution in [0, 0.1) is 11.8 Å². The molecule has 1 fully saturated rings. The summed E-state index contributed by atoms with van der Waals surface area (Å²) >= 11 is 5.85. The van der Waals surface area contributed by atoms with Crippen LogP contribution in [0.4, 0.5) is 0 Å². The van der Waals surface area contributed by atoms with Crippen molar-refractivity contribution in [3.63, 3.8) is 0 Å². The first-order chi connectivity index (χ1) is 13.4. The van der Waals surface area contributed by atoms with E-state index in [2.05, 4.69) is 16.0 Å². The molecule has 2 rings (SSSR count). The quantitative estimate of drug-likeness (QED) is 0.550. The fraction of sp³-hybridized carbons (Fsp3) is 0.571. The van der Waals surface area contributed by atoms with E-state index in [-0.39, 0.29) is 29.6 Å². The summed E-state index contributed by atoms with van der Waals surface area (Å²) in [6, 6.07) is 5.90. The second-order valence-corrected chi connectivity index (χ2v) is 8.16. The minimum atomic E-state index is -0.631. The molecule has 6 nitrogen and oxygen atoms in total. The van der Waals surface area contributed by atoms with Gasteiger partial charge in [0.2, 0.25) is 11.8 Å². The van der Waals surface area contributed by atoms with Crippen molar-refractivity contribution in [2.24, 2.45) is 11.8 Å². The number of nitrogens with one attached hydrogen (secondary N) is 3. The molecule has 154 valence electrons. The molecule has 0 bridgehead atoms. The summed E-state index contributed by atoms with van der Waals surface area (Å²) in [5, 5.41) is 9.03. The van der Waals surface area contributed by atoms with Crippen molar-refractivity contribution in [2.45, 2.75) is 52.0 Å². The maximum Gasteiger partial charge on any atom is 0.251 e. The second kappa shape index (κ2) is 11.1. The van der Waals surface area contributed by atoms with Gasteiger partial charge in [0.15, 0.2) is 0 Å². The summed E-state index contributed by atoms with van der Waals surface area (Å²) in [5.74, 6) is -0.133. The molecule has 1 unspecified atom stereocenters. The molecule has 3 N–H and O–H groups in total. The SMILES string of the molecule is CC(C)CC(NC(=O)c1ccc(Cl)cc1)C(=O)NCCNC(=O)C1CCCC1. The fourth-order valence-corrected chi connectivity index (χ4v) is 3.50. The van der Waals surface area contributed by atoms with E-state index < -0.39 is 6.04 Å². The van der Waals surface area contributed by atoms with Crippen molar-refractivity contribution >= 4 is 29.3 Å². The summed E-state index contributed by atoms with van der Waals surface area (Å²) in [6.45, 7) is 4.72. The molecule has 1 aliphatic rings. The third kappa shape index (κ3) is 7.15. The van der Waals surface area contributed by atoms with E-state index in [1.807, 2.05) is 13.8 Å². The van der Waals surface area contributed by atoms with Crippen molar-refractivity contribution < 1.29 is 14.4 Å². The van der Waals surface area contributed by atoms with Gasteiger partial charge >= 0.3 is 0 Å². The smallest absolute Gasteiger partial charge is 0.251 e. The van der Waals surface area contributed by atoms with E-state index >= 15 is 0 Å². The van der Waals surface area contributed by atoms with Crippen LogP contribution in [0.5, 0.6) is 0 Å². The molecule has 3 amide bonds. The highest BCUT2D eigenvalue weighted by Crippen LogP contribution is 2.24. The Morgan fingerprint density at radius 3 is 2.25 bits per heavy atom. The van der Waals surface area contributed by atoms with Crippen LogP contribution in [-0.4, -0.2) is 36.9 Å². The fourth-order valence-electron chi connectivity index (χ4n) is 3.37. The minimum absolute atomic E-state index is 0.0709. The normalized spacial score (nSPS) is 15.3. The van der Waals surface area contributed by atoms with Gasteiger partial charge < -0.3 is 16.0 Å². The summed E-state index contributed by atoms with van der Waals surface area (Å²) < 4.78 is 0. The van der Waals surface area contributed by atoms with Gasteiger partial charge in [0.25, 0.3) is 5.91 Å². The van der Waals surface area contributed by atoms with E-state index in [1.54, 1.807) is 24.3 Å². The van der Waals surface area contributed by atoms with Crippen LogP contribution in [0.1, 0.15) is 56.3 Å². The molecule has 0 spiro atoms. The Balaban J connectivity index is 1.81. The third-order valence-corrected chi connectivity index (χ3v) is 5.14. The molecular formula is C21H30ClN3O3. The van der Waals surface area contributed by atoms with Gasteiger partial charge in [-0.1, -0.05) is 38.3 Å². The topological polar surface area (TPSA) is 87.3 Å². The highest BCUT2D eigenvalue weighted by atomic mass is 35.5. The van der Waals surface area contributed by atoms with Crippen molar-refractivity contribution in [1.29, 1.82) is 0 Å². The first-order valence-corrected chi connectivity index (χ1v) is 10.4. The Hall–Kier alpha value is -2.08. The number of rotatable bonds is 9. The molecule has 1 saturated carbocycles. The Morgan fingerprint density at radius 1 is 1.04 bits per heavy atom. The first-order valence-electron chi connectivity index (χ1n) is 9.98. The molecule has 0 radical (unpaired) electrons. The monoisotopic (exact) mass is 407 g/mol. The first kappa shape index (κ1) is 22.2. The summed E-state index contributed by atoms with van der Waals surface area (Å²) in [7, 11) is 0. The van der Waals surface area contributed by atoms with Gasteiger partial charge in [-0.05, 0) is 49.4 Å². The predicted molar refractivity (Wildman–Crippen MR) is 110 cm³/mol. The molecule has 28 heavy (non-hydrogen) atoms. The zero-order valence-corrected chi connectivity index (χ0v) is 17.3. The lowest BCUT2D eigenvalue weighted by Gasteiger charge is -2.20. The van der Waals surface area contributed by atoms with Gasteiger partial charge in [-0.15, -0.1) is 0 Å². The number of halogens is 1. The summed E-state index contributed by atoms with van der Waals surface area (Å²) in [5.41, 5.74) is 0.454. The maximum absolute atomic E-state index is 12.5. The highest BCUT2D eigenvalue weighted by Gasteiger charge is 2.24. The van der Waals surface area contributed by atoms with Crippen molar-refractivity contribution in [2.75, 3.05) is 13.1 Å². The van der Waals surface area contributed by atoms with Crippen LogP contribution in [0.3, 0.4) is 0 Å². The molecule has 7 heteroatoms. The van der Waals surface area contributed by atoms with Crippen molar-refractivity contribution in [3.05, 3.63) is 34.9 Å². The minimum Gasteiger partial charge on any atom is -0.354 e. The number of benzene rings is 1. The third-order valence-electron chi connectivity index (χ3n) is 4.88. The highest BCUT2D eigenvalue weighted by molar-refractivity contribution is 6.30. The van der Waals surface area contributed by atoms with Gasteiger partial charge in [-0.2, -0.15) is 0 Å². The van der Waals surface area contributed by atoms with Gasteiger partial charge in [0, 0.05) is 29.6 Å². The Morgan fingerprint density at radius 2 is 1.64 bits per heavy atom. The molecule has 1 aromatic rings. The molecule has 1 atom stereocenters. The van der Waals surface area contributed by atoms with Crippen LogP contribution < -0.4 is 16.0 Å². The Labute approximate surface area is 171 Å². The molecular weight excluding hydrogens is 378 g/mol. The number of carbonyl (C=O) groups excluding carboxylic acids is 3. The number of amides is 3. The van der Waals surface area contributed by atoms with Gasteiger partial charge in [0.05, 0.1) is 0 Å². The average Bonchev–Trinajstić information content (AvgIpc) is 3.19. The van der Waals surface area contributed by atoms with E-state index in [4.69, 9.17) is 11.6 Å². The lowest BCUT2D eigenvalue weighted by molar-refractivity contribution is -0.126. The average molecular weight is 408 g/mol. The molecule has 1 aromatic carbocycles. The molecule has 0 aliphatic heterocycles. The maximum atomic E-state index is 12.5. The number of carbonyl (C=O) groups is 3. The van der Waals surface area contributed by atoms with Gasteiger partial charge in [0.1, 0.15) is 6.04 Å². The molecule has 0 saturated heterocycles. The van der Waals surface area contributed by atoms with E-state index in [9.17, 15) is 14.4 Å². The van der Waals surface area contributed by atoms with Crippen LogP contribution in [0.2, 0.25) is 5.02 Å². The zero-order chi connectivity index (χ0) is 20.5. The molecule has 0 heterocycles. The van der Waals surface area contributed by atoms with Crippen LogP contribution >= 0.6 is 11.6 Å². The van der Waals surface area contributed by atoms with Crippen LogP contribution in [0.25, 0.3) is 0 Å². The van der Waals surface area contributed by atoms with Crippen LogP contribution in [0.15, 0.2) is 24.3 Å². The number of hydrogen-bond acceptors (Lipinski definition) is 3. The lowest BCUT2D eigenvalue weighted by atomic mass is 10.0. The molecule has 1 aliphatic carbocycles. The van der Waals surface area contributed by atoms with Crippen molar-refractivity contribution in [1.82, 2.24) is 16.0 Å². The second-order valence-electron chi connectivity index (χ2n) is 7.73. The predicted octanol–water partition coefficient (Wildman–Crippen LogP) is 2.91. The standard InChI is InChI=1S/C21H30ClN3O3/c1-14(2)13-18(25-20(27)16-7-9-17(22)10-8-16)21(28)24-12-11-23-19(26)15-5-3-4-6-15/h7-10,14-15,18H,3-6,11-13H2,1-2H3,(H,23,26)(H,24,28)(H,25,27). The Bertz CT molecular complexity index is 670. The number of hydrogen-bond donors (Lipinski definition) is 3. The summed E-state index contributed by atoms with van der Waals surface area (Å²) in [4.78, 5) is 37.0. The van der Waals surface area contributed by atoms with E-state index in [0.717, 1.165) is 25.7 Å². The van der Waals surface area contributed by atoms with Gasteiger partial charge in [-0.3, -0.25) is 14.4 Å². The van der Waals surface area contributed by atoms with Crippen LogP contribution in [-0.2, 0) is 9.59 Å². The van der Waals surface area contributed by atoms with Gasteiger partial charge in [-0.25, -0.2) is 0 Å².